The Morgan fingerprint density at radius 1 is 1.30 bits per heavy atom. The number of hydrogen-bond donors (Lipinski definition) is 2. The van der Waals surface area contributed by atoms with Crippen LogP contribution in [0.15, 0.2) is 29.4 Å². The summed E-state index contributed by atoms with van der Waals surface area (Å²) in [5.41, 5.74) is 8.00. The fourth-order valence-electron chi connectivity index (χ4n) is 3.26. The van der Waals surface area contributed by atoms with Gasteiger partial charge in [-0.25, -0.2) is 4.39 Å². The van der Waals surface area contributed by atoms with Crippen molar-refractivity contribution in [1.29, 1.82) is 0 Å². The van der Waals surface area contributed by atoms with Crippen molar-refractivity contribution >= 4 is 39.1 Å². The van der Waals surface area contributed by atoms with Gasteiger partial charge in [-0.15, -0.1) is 11.3 Å². The normalized spacial score (nSPS) is 15.3. The molecule has 0 bridgehead atoms. The van der Waals surface area contributed by atoms with Crippen LogP contribution in [0, 0.1) is 5.82 Å². The van der Waals surface area contributed by atoms with Gasteiger partial charge in [0.15, 0.2) is 5.82 Å². The third-order valence-electron chi connectivity index (χ3n) is 4.57. The van der Waals surface area contributed by atoms with Gasteiger partial charge in [0.25, 0.3) is 0 Å². The number of nitrogens with two attached hydrogens (primary N) is 1. The first-order valence-corrected chi connectivity index (χ1v) is 10.2. The van der Waals surface area contributed by atoms with Crippen molar-refractivity contribution in [2.45, 2.75) is 32.6 Å². The maximum atomic E-state index is 14.1. The van der Waals surface area contributed by atoms with Crippen LogP contribution in [0.5, 0.6) is 0 Å². The Morgan fingerprint density at radius 3 is 2.78 bits per heavy atom. The quantitative estimate of drug-likeness (QED) is 0.645. The average Bonchev–Trinajstić information content (AvgIpc) is 3.25. The molecule has 0 saturated carbocycles. The Hall–Kier alpha value is -2.25. The molecule has 1 saturated heterocycles. The highest BCUT2D eigenvalue weighted by atomic mass is 32.1. The van der Waals surface area contributed by atoms with Crippen molar-refractivity contribution in [2.75, 3.05) is 18.8 Å². The summed E-state index contributed by atoms with van der Waals surface area (Å²) in [5, 5.41) is 8.99. The van der Waals surface area contributed by atoms with E-state index in [1.54, 1.807) is 35.5 Å². The Morgan fingerprint density at radius 2 is 2.04 bits per heavy atom. The number of piperidine rings is 1. The van der Waals surface area contributed by atoms with E-state index in [1.807, 2.05) is 19.9 Å². The van der Waals surface area contributed by atoms with E-state index in [2.05, 4.69) is 21.5 Å². The molecule has 7 heteroatoms. The lowest BCUT2D eigenvalue weighted by atomic mass is 9.96. The van der Waals surface area contributed by atoms with Crippen LogP contribution in [-0.2, 0) is 7.05 Å². The molecule has 3 aromatic rings. The van der Waals surface area contributed by atoms with Gasteiger partial charge in [-0.05, 0) is 44.0 Å². The molecule has 0 aliphatic carbocycles. The Bertz CT molecular complexity index is 937. The summed E-state index contributed by atoms with van der Waals surface area (Å²) in [6.45, 7) is 6.10. The summed E-state index contributed by atoms with van der Waals surface area (Å²) in [7, 11) is 1.77. The third-order valence-corrected chi connectivity index (χ3v) is 5.71. The monoisotopic (exact) mass is 387 g/mol. The SMILES string of the molecule is CC.Cn1cc2cc(N=Cc3cc(C4CCNCC4)sc3N)cc(F)c2n1. The topological polar surface area (TPSA) is 68.2 Å². The van der Waals surface area contributed by atoms with E-state index in [0.717, 1.165) is 41.9 Å². The summed E-state index contributed by atoms with van der Waals surface area (Å²) in [5.74, 6) is 0.207. The minimum absolute atomic E-state index is 0.362. The largest absolute Gasteiger partial charge is 0.390 e. The van der Waals surface area contributed by atoms with Gasteiger partial charge in [0.05, 0.1) is 10.7 Å². The summed E-state index contributed by atoms with van der Waals surface area (Å²) in [6.07, 6.45) is 5.79. The number of rotatable bonds is 3. The van der Waals surface area contributed by atoms with Crippen LogP contribution >= 0.6 is 11.3 Å². The van der Waals surface area contributed by atoms with Crippen molar-refractivity contribution in [3.8, 4) is 0 Å². The molecule has 0 atom stereocenters. The molecule has 0 radical (unpaired) electrons. The number of nitrogens with one attached hydrogen (secondary N) is 1. The van der Waals surface area contributed by atoms with Crippen LogP contribution in [-0.4, -0.2) is 29.1 Å². The van der Waals surface area contributed by atoms with Crippen LogP contribution in [0.3, 0.4) is 0 Å². The zero-order valence-corrected chi connectivity index (χ0v) is 16.8. The number of nitrogen functional groups attached to an aromatic ring is 1. The minimum atomic E-state index is -0.362. The van der Waals surface area contributed by atoms with E-state index in [4.69, 9.17) is 5.73 Å². The zero-order valence-electron chi connectivity index (χ0n) is 16.0. The van der Waals surface area contributed by atoms with Gasteiger partial charge in [-0.1, -0.05) is 13.8 Å². The summed E-state index contributed by atoms with van der Waals surface area (Å²) < 4.78 is 15.7. The number of fused-ring (bicyclic) bond motifs is 1. The standard InChI is InChI=1S/C18H20FN5S.C2H6/c1-24-10-13-6-14(8-15(19)17(13)23-24)22-9-12-7-16(25-18(12)20)11-2-4-21-5-3-11;1-2/h6-11,21H,2-5,20H2,1H3;1-2H3. The maximum Gasteiger partial charge on any atom is 0.153 e. The van der Waals surface area contributed by atoms with Gasteiger partial charge in [0.1, 0.15) is 5.52 Å². The second-order valence-corrected chi connectivity index (χ2v) is 7.53. The van der Waals surface area contributed by atoms with Crippen molar-refractivity contribution in [2.24, 2.45) is 12.0 Å². The number of halogens is 1. The highest BCUT2D eigenvalue weighted by Gasteiger charge is 2.18. The first-order chi connectivity index (χ1) is 13.1. The molecule has 1 aromatic carbocycles. The molecule has 0 unspecified atom stereocenters. The summed E-state index contributed by atoms with van der Waals surface area (Å²) in [4.78, 5) is 5.74. The molecule has 2 aromatic heterocycles. The van der Waals surface area contributed by atoms with E-state index in [-0.39, 0.29) is 5.82 Å². The van der Waals surface area contributed by atoms with Gasteiger partial charge < -0.3 is 11.1 Å². The highest BCUT2D eigenvalue weighted by molar-refractivity contribution is 7.16. The van der Waals surface area contributed by atoms with E-state index >= 15 is 0 Å². The maximum absolute atomic E-state index is 14.1. The van der Waals surface area contributed by atoms with Crippen LogP contribution in [0.1, 0.15) is 43.0 Å². The number of nitrogens with zero attached hydrogens (tertiary/aromatic N) is 3. The lowest BCUT2D eigenvalue weighted by Gasteiger charge is -2.21. The van der Waals surface area contributed by atoms with E-state index in [1.165, 1.54) is 10.9 Å². The molecule has 1 fully saturated rings. The number of aryl methyl sites for hydroxylation is 1. The predicted molar refractivity (Wildman–Crippen MR) is 113 cm³/mol. The lowest BCUT2D eigenvalue weighted by molar-refractivity contribution is 0.465. The molecular formula is C20H26FN5S. The van der Waals surface area contributed by atoms with E-state index in [9.17, 15) is 4.39 Å². The zero-order chi connectivity index (χ0) is 19.4. The first kappa shape index (κ1) is 19.5. The number of hydrogen-bond acceptors (Lipinski definition) is 5. The van der Waals surface area contributed by atoms with Crippen molar-refractivity contribution in [3.63, 3.8) is 0 Å². The Labute approximate surface area is 163 Å². The molecule has 1 aliphatic rings. The number of benzene rings is 1. The molecule has 0 amide bonds. The van der Waals surface area contributed by atoms with Crippen LogP contribution < -0.4 is 11.1 Å². The molecular weight excluding hydrogens is 361 g/mol. The second kappa shape index (κ2) is 8.63. The van der Waals surface area contributed by atoms with Gasteiger partial charge in [-0.3, -0.25) is 9.67 Å². The van der Waals surface area contributed by atoms with Gasteiger partial charge in [0, 0.05) is 41.4 Å². The molecule has 3 heterocycles. The molecule has 1 aliphatic heterocycles. The number of aliphatic imine (C=N–C) groups is 1. The lowest BCUT2D eigenvalue weighted by Crippen LogP contribution is -2.26. The highest BCUT2D eigenvalue weighted by Crippen LogP contribution is 2.35. The number of anilines is 1. The van der Waals surface area contributed by atoms with Gasteiger partial charge in [-0.2, -0.15) is 5.10 Å². The minimum Gasteiger partial charge on any atom is -0.390 e. The fourth-order valence-corrected chi connectivity index (χ4v) is 4.34. The van der Waals surface area contributed by atoms with Gasteiger partial charge in [0.2, 0.25) is 0 Å². The molecule has 3 N–H and O–H groups in total. The Balaban J connectivity index is 0.00000102. The third kappa shape index (κ3) is 4.36. The van der Waals surface area contributed by atoms with Crippen LogP contribution in [0.25, 0.3) is 10.9 Å². The van der Waals surface area contributed by atoms with Crippen LogP contribution in [0.2, 0.25) is 0 Å². The molecule has 27 heavy (non-hydrogen) atoms. The second-order valence-electron chi connectivity index (χ2n) is 6.42. The van der Waals surface area contributed by atoms with Crippen molar-refractivity contribution in [3.05, 3.63) is 40.7 Å². The van der Waals surface area contributed by atoms with E-state index < -0.39 is 0 Å². The molecule has 0 spiro atoms. The van der Waals surface area contributed by atoms with Crippen LogP contribution in [0.4, 0.5) is 15.1 Å². The number of thiophene rings is 1. The molecule has 144 valence electrons. The van der Waals surface area contributed by atoms with Crippen molar-refractivity contribution < 1.29 is 4.39 Å². The van der Waals surface area contributed by atoms with E-state index in [0.29, 0.717) is 17.1 Å². The smallest absolute Gasteiger partial charge is 0.153 e. The number of aromatic nitrogens is 2. The van der Waals surface area contributed by atoms with Crippen molar-refractivity contribution in [1.82, 2.24) is 15.1 Å². The molecule has 4 rings (SSSR count). The predicted octanol–water partition coefficient (Wildman–Crippen LogP) is 4.60. The first-order valence-electron chi connectivity index (χ1n) is 9.37. The summed E-state index contributed by atoms with van der Waals surface area (Å²) in [6, 6.07) is 5.36. The van der Waals surface area contributed by atoms with Gasteiger partial charge >= 0.3 is 0 Å². The Kier molecular flexibility index (Phi) is 6.23. The summed E-state index contributed by atoms with van der Waals surface area (Å²) >= 11 is 1.64. The fraction of sp³-hybridized carbons (Fsp3) is 0.400. The molecule has 5 nitrogen and oxygen atoms in total. The average molecular weight is 388 g/mol.